The maximum Gasteiger partial charge on any atom is 0.236 e. The van der Waals surface area contributed by atoms with E-state index in [0.717, 1.165) is 16.7 Å². The van der Waals surface area contributed by atoms with Crippen LogP contribution in [-0.4, -0.2) is 15.2 Å². The highest BCUT2D eigenvalue weighted by Gasteiger charge is 2.09. The normalized spacial score (nSPS) is 10.3. The Morgan fingerprint density at radius 2 is 2.28 bits per heavy atom. The Hall–Kier alpha value is -1.94. The van der Waals surface area contributed by atoms with Crippen LogP contribution >= 0.6 is 11.6 Å². The van der Waals surface area contributed by atoms with Gasteiger partial charge in [0.25, 0.3) is 0 Å². The van der Waals surface area contributed by atoms with Crippen LogP contribution in [0, 0.1) is 0 Å². The van der Waals surface area contributed by atoms with E-state index in [1.807, 2.05) is 19.1 Å². The minimum atomic E-state index is 0.277. The smallest absolute Gasteiger partial charge is 0.236 e. The summed E-state index contributed by atoms with van der Waals surface area (Å²) >= 11 is 6.15. The van der Waals surface area contributed by atoms with Crippen molar-refractivity contribution in [3.63, 3.8) is 0 Å². The second kappa shape index (κ2) is 5.14. The van der Waals surface area contributed by atoms with Crippen LogP contribution in [0.4, 0.5) is 0 Å². The third-order valence-electron chi connectivity index (χ3n) is 2.49. The van der Waals surface area contributed by atoms with Gasteiger partial charge in [-0.05, 0) is 18.6 Å². The molecule has 2 aromatic rings. The summed E-state index contributed by atoms with van der Waals surface area (Å²) in [6.07, 6.45) is 1.39. The second-order valence-electron chi connectivity index (χ2n) is 3.91. The Kier molecular flexibility index (Phi) is 3.58. The fourth-order valence-corrected chi connectivity index (χ4v) is 1.86. The Morgan fingerprint density at radius 3 is 2.89 bits per heavy atom. The first-order valence-electron chi connectivity index (χ1n) is 5.39. The zero-order valence-electron chi connectivity index (χ0n) is 9.93. The molecule has 1 aromatic carbocycles. The molecule has 0 spiro atoms. The SMILES string of the molecule is C=C(C)c1cccc(Cl)c1COc1ccn(O)n1. The molecule has 4 nitrogen and oxygen atoms in total. The van der Waals surface area contributed by atoms with Gasteiger partial charge in [0.2, 0.25) is 5.88 Å². The molecule has 0 aliphatic carbocycles. The standard InChI is InChI=1S/C13H13ClN2O2/c1-9(2)10-4-3-5-12(14)11(10)8-18-13-6-7-16(17)15-13/h3-7,17H,1,8H2,2H3. The van der Waals surface area contributed by atoms with Gasteiger partial charge in [-0.25, -0.2) is 0 Å². The minimum absolute atomic E-state index is 0.277. The molecule has 0 aliphatic heterocycles. The maximum absolute atomic E-state index is 9.03. The van der Waals surface area contributed by atoms with Crippen LogP contribution in [0.2, 0.25) is 5.02 Å². The van der Waals surface area contributed by atoms with E-state index < -0.39 is 0 Å². The quantitative estimate of drug-likeness (QED) is 0.861. The largest absolute Gasteiger partial charge is 0.472 e. The predicted molar refractivity (Wildman–Crippen MR) is 69.9 cm³/mol. The van der Waals surface area contributed by atoms with Crippen molar-refractivity contribution >= 4 is 17.2 Å². The van der Waals surface area contributed by atoms with E-state index in [-0.39, 0.29) is 6.61 Å². The number of ether oxygens (including phenoxy) is 1. The van der Waals surface area contributed by atoms with Crippen molar-refractivity contribution in [3.05, 3.63) is 53.2 Å². The first-order valence-corrected chi connectivity index (χ1v) is 5.76. The van der Waals surface area contributed by atoms with Gasteiger partial charge in [-0.3, -0.25) is 0 Å². The van der Waals surface area contributed by atoms with Crippen LogP contribution in [-0.2, 0) is 6.61 Å². The van der Waals surface area contributed by atoms with Crippen LogP contribution in [0.3, 0.4) is 0 Å². The van der Waals surface area contributed by atoms with Crippen molar-refractivity contribution in [1.82, 2.24) is 9.94 Å². The summed E-state index contributed by atoms with van der Waals surface area (Å²) in [6, 6.07) is 7.18. The molecule has 0 radical (unpaired) electrons. The zero-order chi connectivity index (χ0) is 13.1. The van der Waals surface area contributed by atoms with Crippen molar-refractivity contribution in [3.8, 4) is 5.88 Å². The first-order chi connectivity index (χ1) is 8.58. The summed E-state index contributed by atoms with van der Waals surface area (Å²) in [5.41, 5.74) is 2.74. The topological polar surface area (TPSA) is 47.3 Å². The third-order valence-corrected chi connectivity index (χ3v) is 2.85. The van der Waals surface area contributed by atoms with Gasteiger partial charge in [-0.15, -0.1) is 4.85 Å². The molecular formula is C13H13ClN2O2. The van der Waals surface area contributed by atoms with Crippen molar-refractivity contribution < 1.29 is 9.94 Å². The number of rotatable bonds is 4. The van der Waals surface area contributed by atoms with Gasteiger partial charge in [0.1, 0.15) is 6.61 Å². The lowest BCUT2D eigenvalue weighted by molar-refractivity contribution is 0.141. The van der Waals surface area contributed by atoms with Gasteiger partial charge in [-0.1, -0.05) is 41.0 Å². The highest BCUT2D eigenvalue weighted by atomic mass is 35.5. The average Bonchev–Trinajstić information content (AvgIpc) is 2.73. The minimum Gasteiger partial charge on any atom is -0.472 e. The van der Waals surface area contributed by atoms with Gasteiger partial charge in [0.05, 0.1) is 6.20 Å². The molecule has 0 unspecified atom stereocenters. The van der Waals surface area contributed by atoms with Gasteiger partial charge >= 0.3 is 0 Å². The summed E-state index contributed by atoms with van der Waals surface area (Å²) in [7, 11) is 0. The van der Waals surface area contributed by atoms with Crippen molar-refractivity contribution in [1.29, 1.82) is 0 Å². The average molecular weight is 265 g/mol. The second-order valence-corrected chi connectivity index (χ2v) is 4.32. The number of allylic oxidation sites excluding steroid dienone is 1. The van der Waals surface area contributed by atoms with Gasteiger partial charge < -0.3 is 9.94 Å². The van der Waals surface area contributed by atoms with E-state index in [1.165, 1.54) is 6.20 Å². The number of aromatic nitrogens is 2. The van der Waals surface area contributed by atoms with Crippen molar-refractivity contribution in [2.45, 2.75) is 13.5 Å². The Morgan fingerprint density at radius 1 is 1.50 bits per heavy atom. The van der Waals surface area contributed by atoms with Crippen LogP contribution in [0.5, 0.6) is 5.88 Å². The van der Waals surface area contributed by atoms with E-state index >= 15 is 0 Å². The summed E-state index contributed by atoms with van der Waals surface area (Å²) in [5.74, 6) is 0.338. The molecule has 0 saturated carbocycles. The molecule has 0 amide bonds. The van der Waals surface area contributed by atoms with E-state index in [1.54, 1.807) is 12.1 Å². The fraction of sp³-hybridized carbons (Fsp3) is 0.154. The number of nitrogens with zero attached hydrogens (tertiary/aromatic N) is 2. The van der Waals surface area contributed by atoms with Crippen LogP contribution in [0.25, 0.3) is 5.57 Å². The molecule has 1 aromatic heterocycles. The molecule has 1 heterocycles. The van der Waals surface area contributed by atoms with E-state index in [4.69, 9.17) is 21.5 Å². The Bertz CT molecular complexity index is 578. The number of hydrogen-bond acceptors (Lipinski definition) is 3. The lowest BCUT2D eigenvalue weighted by Crippen LogP contribution is -2.01. The monoisotopic (exact) mass is 264 g/mol. The summed E-state index contributed by atoms with van der Waals surface area (Å²) < 4.78 is 5.47. The molecule has 94 valence electrons. The first kappa shape index (κ1) is 12.5. The Balaban J connectivity index is 2.20. The molecular weight excluding hydrogens is 252 g/mol. The zero-order valence-corrected chi connectivity index (χ0v) is 10.7. The summed E-state index contributed by atoms with van der Waals surface area (Å²) in [5, 5.41) is 13.4. The maximum atomic E-state index is 9.03. The van der Waals surface area contributed by atoms with E-state index in [0.29, 0.717) is 15.7 Å². The highest BCUT2D eigenvalue weighted by molar-refractivity contribution is 6.31. The summed E-state index contributed by atoms with van der Waals surface area (Å²) in [4.78, 5) is 0.696. The van der Waals surface area contributed by atoms with Gasteiger partial charge in [-0.2, -0.15) is 0 Å². The van der Waals surface area contributed by atoms with E-state index in [9.17, 15) is 0 Å². The van der Waals surface area contributed by atoms with E-state index in [2.05, 4.69) is 11.7 Å². The van der Waals surface area contributed by atoms with Crippen LogP contribution < -0.4 is 4.74 Å². The predicted octanol–water partition coefficient (Wildman–Crippen LogP) is 3.39. The van der Waals surface area contributed by atoms with Gasteiger partial charge in [0, 0.05) is 16.7 Å². The molecule has 0 bridgehead atoms. The number of hydrogen-bond donors (Lipinski definition) is 1. The molecule has 0 atom stereocenters. The molecule has 2 rings (SSSR count). The lowest BCUT2D eigenvalue weighted by atomic mass is 10.0. The number of halogens is 1. The van der Waals surface area contributed by atoms with Gasteiger partial charge in [0.15, 0.2) is 0 Å². The molecule has 1 N–H and O–H groups in total. The van der Waals surface area contributed by atoms with Crippen molar-refractivity contribution in [2.75, 3.05) is 0 Å². The molecule has 0 saturated heterocycles. The third kappa shape index (κ3) is 2.65. The van der Waals surface area contributed by atoms with Crippen LogP contribution in [0.15, 0.2) is 37.0 Å². The van der Waals surface area contributed by atoms with Crippen LogP contribution in [0.1, 0.15) is 18.1 Å². The molecule has 5 heteroatoms. The molecule has 18 heavy (non-hydrogen) atoms. The highest BCUT2D eigenvalue weighted by Crippen LogP contribution is 2.26. The summed E-state index contributed by atoms with van der Waals surface area (Å²) in [6.45, 7) is 6.10. The Labute approximate surface area is 110 Å². The van der Waals surface area contributed by atoms with Crippen molar-refractivity contribution in [2.24, 2.45) is 0 Å². The molecule has 0 fully saturated rings. The number of benzene rings is 1. The lowest BCUT2D eigenvalue weighted by Gasteiger charge is -2.11. The fourth-order valence-electron chi connectivity index (χ4n) is 1.63. The molecule has 0 aliphatic rings.